The quantitative estimate of drug-likeness (QED) is 0.779. The van der Waals surface area contributed by atoms with Crippen LogP contribution in [0.1, 0.15) is 42.4 Å². The van der Waals surface area contributed by atoms with E-state index in [0.29, 0.717) is 24.7 Å². The van der Waals surface area contributed by atoms with Crippen molar-refractivity contribution in [2.45, 2.75) is 52.2 Å². The normalized spacial score (nSPS) is 22.0. The number of carbonyl (C=O) groups is 1. The molecule has 1 atom stereocenters. The minimum absolute atomic E-state index is 0.0226. The van der Waals surface area contributed by atoms with Gasteiger partial charge in [0.2, 0.25) is 11.8 Å². The highest BCUT2D eigenvalue weighted by molar-refractivity contribution is 5.80. The van der Waals surface area contributed by atoms with Gasteiger partial charge in [-0.3, -0.25) is 9.69 Å². The van der Waals surface area contributed by atoms with Crippen LogP contribution in [0.3, 0.4) is 0 Å². The molecule has 9 heteroatoms. The summed E-state index contributed by atoms with van der Waals surface area (Å²) in [6, 6.07) is 0.267. The molecule has 1 amide bonds. The lowest BCUT2D eigenvalue weighted by atomic mass is 10.1. The van der Waals surface area contributed by atoms with E-state index in [9.17, 15) is 4.79 Å². The van der Waals surface area contributed by atoms with Crippen LogP contribution in [0, 0.1) is 13.8 Å². The summed E-state index contributed by atoms with van der Waals surface area (Å²) in [5.41, 5.74) is 2.00. The lowest BCUT2D eigenvalue weighted by Crippen LogP contribution is -2.59. The Morgan fingerprint density at radius 3 is 2.64 bits per heavy atom. The average Bonchev–Trinajstić information content (AvgIpc) is 3.22. The second kappa shape index (κ2) is 6.21. The van der Waals surface area contributed by atoms with Crippen LogP contribution < -0.4 is 0 Å². The molecule has 0 spiro atoms. The molecule has 0 saturated carbocycles. The van der Waals surface area contributed by atoms with E-state index in [1.165, 1.54) is 0 Å². The average molecular weight is 345 g/mol. The number of aromatic nitrogens is 5. The SMILES string of the molecule is CCn1nc(C)c(CN2CC(N3CC(c4nc(C)no4)CC3=O)C2)n1. The molecule has 1 unspecified atom stereocenters. The summed E-state index contributed by atoms with van der Waals surface area (Å²) in [6.45, 7) is 9.81. The van der Waals surface area contributed by atoms with Gasteiger partial charge in [0.1, 0.15) is 0 Å². The van der Waals surface area contributed by atoms with E-state index in [2.05, 4.69) is 25.2 Å². The molecule has 0 aromatic carbocycles. The molecule has 2 aromatic rings. The Kier molecular flexibility index (Phi) is 4.03. The number of carbonyl (C=O) groups excluding carboxylic acids is 1. The fourth-order valence-electron chi connectivity index (χ4n) is 3.56. The second-order valence-corrected chi connectivity index (χ2v) is 6.90. The first-order valence-corrected chi connectivity index (χ1v) is 8.76. The summed E-state index contributed by atoms with van der Waals surface area (Å²) in [4.78, 5) is 22.6. The van der Waals surface area contributed by atoms with Gasteiger partial charge < -0.3 is 9.42 Å². The number of hydrogen-bond donors (Lipinski definition) is 0. The van der Waals surface area contributed by atoms with E-state index >= 15 is 0 Å². The maximum absolute atomic E-state index is 12.4. The molecule has 0 N–H and O–H groups in total. The van der Waals surface area contributed by atoms with Crippen LogP contribution in [0.5, 0.6) is 0 Å². The van der Waals surface area contributed by atoms with Gasteiger partial charge in [0.25, 0.3) is 0 Å². The molecule has 0 aliphatic carbocycles. The van der Waals surface area contributed by atoms with E-state index in [4.69, 9.17) is 4.52 Å². The highest BCUT2D eigenvalue weighted by atomic mass is 16.5. The molecule has 2 fully saturated rings. The maximum atomic E-state index is 12.4. The Balaban J connectivity index is 1.33. The lowest BCUT2D eigenvalue weighted by molar-refractivity contribution is -0.133. The number of amides is 1. The zero-order valence-corrected chi connectivity index (χ0v) is 14.8. The molecule has 2 aliphatic rings. The zero-order valence-electron chi connectivity index (χ0n) is 14.8. The van der Waals surface area contributed by atoms with Crippen LogP contribution in [-0.2, 0) is 17.9 Å². The molecule has 0 bridgehead atoms. The molecule has 9 nitrogen and oxygen atoms in total. The Bertz CT molecular complexity index is 777. The molecular weight excluding hydrogens is 322 g/mol. The summed E-state index contributed by atoms with van der Waals surface area (Å²) in [7, 11) is 0. The van der Waals surface area contributed by atoms with Crippen LogP contribution in [0.15, 0.2) is 4.52 Å². The largest absolute Gasteiger partial charge is 0.339 e. The predicted octanol–water partition coefficient (Wildman–Crippen LogP) is 0.498. The van der Waals surface area contributed by atoms with Crippen molar-refractivity contribution >= 4 is 5.91 Å². The van der Waals surface area contributed by atoms with E-state index in [1.54, 1.807) is 11.7 Å². The van der Waals surface area contributed by atoms with Crippen molar-refractivity contribution < 1.29 is 9.32 Å². The van der Waals surface area contributed by atoms with E-state index in [0.717, 1.165) is 37.6 Å². The third-order valence-corrected chi connectivity index (χ3v) is 5.01. The highest BCUT2D eigenvalue weighted by Crippen LogP contribution is 2.31. The first-order chi connectivity index (χ1) is 12.0. The summed E-state index contributed by atoms with van der Waals surface area (Å²) in [5.74, 6) is 1.40. The van der Waals surface area contributed by atoms with Crippen molar-refractivity contribution in [2.24, 2.45) is 0 Å². The predicted molar refractivity (Wildman–Crippen MR) is 87.6 cm³/mol. The number of hydrogen-bond acceptors (Lipinski definition) is 7. The fourth-order valence-corrected chi connectivity index (χ4v) is 3.56. The molecular formula is C16H23N7O2. The van der Waals surface area contributed by atoms with Crippen molar-refractivity contribution in [3.05, 3.63) is 23.1 Å². The molecule has 4 rings (SSSR count). The number of likely N-dealkylation sites (tertiary alicyclic amines) is 2. The van der Waals surface area contributed by atoms with Crippen LogP contribution in [0.4, 0.5) is 0 Å². The molecule has 2 saturated heterocycles. The van der Waals surface area contributed by atoms with Crippen LogP contribution in [0.2, 0.25) is 0 Å². The monoisotopic (exact) mass is 345 g/mol. The maximum Gasteiger partial charge on any atom is 0.232 e. The minimum atomic E-state index is 0.0226. The number of rotatable bonds is 5. The first kappa shape index (κ1) is 16.2. The minimum Gasteiger partial charge on any atom is -0.339 e. The van der Waals surface area contributed by atoms with Gasteiger partial charge in [-0.25, -0.2) is 0 Å². The van der Waals surface area contributed by atoms with Crippen molar-refractivity contribution in [2.75, 3.05) is 19.6 Å². The van der Waals surface area contributed by atoms with Crippen molar-refractivity contribution in [1.82, 2.24) is 34.9 Å². The van der Waals surface area contributed by atoms with Gasteiger partial charge in [0.15, 0.2) is 5.82 Å². The van der Waals surface area contributed by atoms with Gasteiger partial charge in [-0.2, -0.15) is 20.0 Å². The van der Waals surface area contributed by atoms with Gasteiger partial charge in [0.05, 0.1) is 29.9 Å². The molecule has 4 heterocycles. The topological polar surface area (TPSA) is 93.2 Å². The van der Waals surface area contributed by atoms with Crippen molar-refractivity contribution in [3.63, 3.8) is 0 Å². The molecule has 2 aliphatic heterocycles. The summed E-state index contributed by atoms with van der Waals surface area (Å²) >= 11 is 0. The molecule has 25 heavy (non-hydrogen) atoms. The van der Waals surface area contributed by atoms with Crippen LogP contribution in [-0.4, -0.2) is 66.5 Å². The Hall–Kier alpha value is -2.29. The van der Waals surface area contributed by atoms with Crippen LogP contribution in [0.25, 0.3) is 0 Å². The lowest BCUT2D eigenvalue weighted by Gasteiger charge is -2.43. The fraction of sp³-hybridized carbons (Fsp3) is 0.688. The van der Waals surface area contributed by atoms with Gasteiger partial charge in [-0.15, -0.1) is 0 Å². The Labute approximate surface area is 146 Å². The Morgan fingerprint density at radius 1 is 1.20 bits per heavy atom. The molecule has 2 aromatic heterocycles. The summed E-state index contributed by atoms with van der Waals surface area (Å²) in [6.07, 6.45) is 0.460. The van der Waals surface area contributed by atoms with Crippen LogP contribution >= 0.6 is 0 Å². The van der Waals surface area contributed by atoms with Gasteiger partial charge >= 0.3 is 0 Å². The van der Waals surface area contributed by atoms with Crippen molar-refractivity contribution in [3.8, 4) is 0 Å². The second-order valence-electron chi connectivity index (χ2n) is 6.90. The highest BCUT2D eigenvalue weighted by Gasteiger charge is 2.42. The van der Waals surface area contributed by atoms with Crippen molar-refractivity contribution in [1.29, 1.82) is 0 Å². The molecule has 0 radical (unpaired) electrons. The third kappa shape index (κ3) is 3.04. The third-order valence-electron chi connectivity index (χ3n) is 5.01. The van der Waals surface area contributed by atoms with Gasteiger partial charge in [-0.1, -0.05) is 5.16 Å². The Morgan fingerprint density at radius 2 is 2.00 bits per heavy atom. The summed E-state index contributed by atoms with van der Waals surface area (Å²) in [5, 5.41) is 12.7. The van der Waals surface area contributed by atoms with E-state index in [1.807, 2.05) is 18.7 Å². The van der Waals surface area contributed by atoms with Gasteiger partial charge in [0, 0.05) is 32.6 Å². The smallest absolute Gasteiger partial charge is 0.232 e. The molecule has 134 valence electrons. The first-order valence-electron chi connectivity index (χ1n) is 8.76. The van der Waals surface area contributed by atoms with E-state index in [-0.39, 0.29) is 17.9 Å². The van der Waals surface area contributed by atoms with Gasteiger partial charge in [-0.05, 0) is 20.8 Å². The number of nitrogens with zero attached hydrogens (tertiary/aromatic N) is 7. The standard InChI is InChI=1S/C16H23N7O2/c1-4-23-18-10(2)14(19-23)9-21-7-13(8-21)22-6-12(5-15(22)24)16-17-11(3)20-25-16/h12-13H,4-9H2,1-3H3. The zero-order chi connectivity index (χ0) is 17.6. The van der Waals surface area contributed by atoms with E-state index < -0.39 is 0 Å². The number of aryl methyl sites for hydroxylation is 3. The summed E-state index contributed by atoms with van der Waals surface area (Å²) < 4.78 is 5.23.